The fourth-order valence-corrected chi connectivity index (χ4v) is 0.843. The second-order valence-electron chi connectivity index (χ2n) is 2.34. The third kappa shape index (κ3) is 2.23. The van der Waals surface area contributed by atoms with Crippen LogP contribution in [-0.4, -0.2) is 28.0 Å². The van der Waals surface area contributed by atoms with Crippen molar-refractivity contribution < 1.29 is 5.11 Å². The van der Waals surface area contributed by atoms with Crippen molar-refractivity contribution in [3.8, 4) is 0 Å². The Morgan fingerprint density at radius 2 is 2.55 bits per heavy atom. The van der Waals surface area contributed by atoms with Gasteiger partial charge >= 0.3 is 0 Å². The lowest BCUT2D eigenvalue weighted by molar-refractivity contribution is 0.292. The summed E-state index contributed by atoms with van der Waals surface area (Å²) in [5, 5.41) is 15.6. The summed E-state index contributed by atoms with van der Waals surface area (Å²) in [7, 11) is 1.88. The van der Waals surface area contributed by atoms with Crippen molar-refractivity contribution in [2.24, 2.45) is 7.05 Å². The van der Waals surface area contributed by atoms with Gasteiger partial charge in [0.2, 0.25) is 0 Å². The number of aliphatic hydroxyl groups is 1. The van der Waals surface area contributed by atoms with Crippen molar-refractivity contribution >= 4 is 5.82 Å². The summed E-state index contributed by atoms with van der Waals surface area (Å²) in [6, 6.07) is 1.90. The van der Waals surface area contributed by atoms with Crippen molar-refractivity contribution in [1.82, 2.24) is 9.78 Å². The average molecular weight is 155 g/mol. The van der Waals surface area contributed by atoms with Gasteiger partial charge in [-0.3, -0.25) is 4.68 Å². The number of nitrogens with zero attached hydrogens (tertiary/aromatic N) is 2. The largest absolute Gasteiger partial charge is 0.396 e. The molecule has 4 nitrogen and oxygen atoms in total. The maximum Gasteiger partial charge on any atom is 0.123 e. The number of aryl methyl sites for hydroxylation is 1. The van der Waals surface area contributed by atoms with E-state index in [9.17, 15) is 0 Å². The molecule has 0 saturated carbocycles. The monoisotopic (exact) mass is 155 g/mol. The summed E-state index contributed by atoms with van der Waals surface area (Å²) in [5.74, 6) is 0.985. The second kappa shape index (κ2) is 3.98. The molecule has 0 aliphatic carbocycles. The van der Waals surface area contributed by atoms with Gasteiger partial charge in [0.25, 0.3) is 0 Å². The van der Waals surface area contributed by atoms with Crippen LogP contribution in [0.1, 0.15) is 6.42 Å². The van der Waals surface area contributed by atoms with Gasteiger partial charge in [-0.2, -0.15) is 5.10 Å². The van der Waals surface area contributed by atoms with Crippen LogP contribution in [0.4, 0.5) is 5.82 Å². The number of hydrogen-bond acceptors (Lipinski definition) is 3. The van der Waals surface area contributed by atoms with Gasteiger partial charge in [-0.25, -0.2) is 0 Å². The molecule has 0 radical (unpaired) electrons. The minimum absolute atomic E-state index is 0.227. The van der Waals surface area contributed by atoms with Gasteiger partial charge in [0.05, 0.1) is 6.20 Å². The molecule has 11 heavy (non-hydrogen) atoms. The molecule has 0 amide bonds. The summed E-state index contributed by atoms with van der Waals surface area (Å²) < 4.78 is 1.76. The fourth-order valence-electron chi connectivity index (χ4n) is 0.843. The van der Waals surface area contributed by atoms with E-state index in [1.165, 1.54) is 0 Å². The van der Waals surface area contributed by atoms with Crippen molar-refractivity contribution in [3.63, 3.8) is 0 Å². The van der Waals surface area contributed by atoms with Crippen LogP contribution in [0.3, 0.4) is 0 Å². The van der Waals surface area contributed by atoms with Crippen molar-refractivity contribution in [2.45, 2.75) is 6.42 Å². The van der Waals surface area contributed by atoms with E-state index in [2.05, 4.69) is 10.4 Å². The lowest BCUT2D eigenvalue weighted by Crippen LogP contribution is -2.07. The maximum atomic E-state index is 8.50. The molecule has 0 aliphatic heterocycles. The second-order valence-corrected chi connectivity index (χ2v) is 2.34. The first-order valence-corrected chi connectivity index (χ1v) is 3.67. The van der Waals surface area contributed by atoms with Crippen LogP contribution in [-0.2, 0) is 7.05 Å². The van der Waals surface area contributed by atoms with Gasteiger partial charge in [0, 0.05) is 26.3 Å². The molecule has 0 bridgehead atoms. The molecule has 0 aliphatic rings. The molecule has 2 N–H and O–H groups in total. The first kappa shape index (κ1) is 8.07. The van der Waals surface area contributed by atoms with Crippen LogP contribution in [0.15, 0.2) is 12.3 Å². The number of nitrogens with one attached hydrogen (secondary N) is 1. The molecule has 0 saturated heterocycles. The Bertz CT molecular complexity index is 209. The zero-order valence-electron chi connectivity index (χ0n) is 6.62. The Kier molecular flexibility index (Phi) is 2.92. The molecule has 0 aromatic carbocycles. The third-order valence-electron chi connectivity index (χ3n) is 1.46. The molecular formula is C7H13N3O. The highest BCUT2D eigenvalue weighted by Crippen LogP contribution is 2.02. The molecule has 62 valence electrons. The highest BCUT2D eigenvalue weighted by atomic mass is 16.3. The highest BCUT2D eigenvalue weighted by molar-refractivity contribution is 5.32. The van der Waals surface area contributed by atoms with Crippen molar-refractivity contribution in [2.75, 3.05) is 18.5 Å². The van der Waals surface area contributed by atoms with Crippen LogP contribution in [0.5, 0.6) is 0 Å². The van der Waals surface area contributed by atoms with E-state index in [1.54, 1.807) is 10.9 Å². The summed E-state index contributed by atoms with van der Waals surface area (Å²) in [5.41, 5.74) is 0. The standard InChI is InChI=1S/C7H13N3O/c1-10-7(3-5-9-10)8-4-2-6-11/h3,5,8,11H,2,4,6H2,1H3. The number of hydrogen-bond donors (Lipinski definition) is 2. The van der Waals surface area contributed by atoms with Crippen LogP contribution in [0.2, 0.25) is 0 Å². The van der Waals surface area contributed by atoms with E-state index in [-0.39, 0.29) is 6.61 Å². The Balaban J connectivity index is 2.32. The maximum absolute atomic E-state index is 8.50. The Morgan fingerprint density at radius 3 is 3.09 bits per heavy atom. The molecular weight excluding hydrogens is 142 g/mol. The topological polar surface area (TPSA) is 50.1 Å². The number of aliphatic hydroxyl groups excluding tert-OH is 1. The van der Waals surface area contributed by atoms with Gasteiger partial charge in [-0.1, -0.05) is 0 Å². The van der Waals surface area contributed by atoms with E-state index in [4.69, 9.17) is 5.11 Å². The molecule has 1 rings (SSSR count). The lowest BCUT2D eigenvalue weighted by atomic mass is 10.4. The van der Waals surface area contributed by atoms with E-state index in [0.717, 1.165) is 18.8 Å². The molecule has 0 atom stereocenters. The van der Waals surface area contributed by atoms with Crippen LogP contribution < -0.4 is 5.32 Å². The molecule has 1 aromatic heterocycles. The Labute approximate surface area is 65.8 Å². The van der Waals surface area contributed by atoms with Gasteiger partial charge in [-0.05, 0) is 6.42 Å². The van der Waals surface area contributed by atoms with Crippen LogP contribution >= 0.6 is 0 Å². The normalized spacial score (nSPS) is 10.0. The molecule has 1 heterocycles. The number of rotatable bonds is 4. The highest BCUT2D eigenvalue weighted by Gasteiger charge is 1.94. The fraction of sp³-hybridized carbons (Fsp3) is 0.571. The van der Waals surface area contributed by atoms with E-state index in [0.29, 0.717) is 0 Å². The molecule has 0 unspecified atom stereocenters. The third-order valence-corrected chi connectivity index (χ3v) is 1.46. The first-order valence-electron chi connectivity index (χ1n) is 3.67. The van der Waals surface area contributed by atoms with Gasteiger partial charge in [-0.15, -0.1) is 0 Å². The predicted octanol–water partition coefficient (Wildman–Crippen LogP) is 0.214. The quantitative estimate of drug-likeness (QED) is 0.611. The molecule has 1 aromatic rings. The molecule has 4 heteroatoms. The Hall–Kier alpha value is -1.03. The smallest absolute Gasteiger partial charge is 0.123 e. The van der Waals surface area contributed by atoms with Crippen molar-refractivity contribution in [3.05, 3.63) is 12.3 Å². The summed E-state index contributed by atoms with van der Waals surface area (Å²) in [4.78, 5) is 0. The van der Waals surface area contributed by atoms with E-state index < -0.39 is 0 Å². The van der Waals surface area contributed by atoms with Crippen molar-refractivity contribution in [1.29, 1.82) is 0 Å². The summed E-state index contributed by atoms with van der Waals surface area (Å²) in [6.45, 7) is 1.01. The van der Waals surface area contributed by atoms with E-state index in [1.807, 2.05) is 13.1 Å². The molecule has 0 spiro atoms. The summed E-state index contributed by atoms with van der Waals surface area (Å²) in [6.07, 6.45) is 2.51. The minimum atomic E-state index is 0.227. The van der Waals surface area contributed by atoms with Crippen LogP contribution in [0, 0.1) is 0 Å². The number of anilines is 1. The van der Waals surface area contributed by atoms with Crippen LogP contribution in [0.25, 0.3) is 0 Å². The van der Waals surface area contributed by atoms with Gasteiger partial charge in [0.15, 0.2) is 0 Å². The lowest BCUT2D eigenvalue weighted by Gasteiger charge is -2.03. The average Bonchev–Trinajstić information content (AvgIpc) is 2.37. The predicted molar refractivity (Wildman–Crippen MR) is 43.4 cm³/mol. The number of aromatic nitrogens is 2. The summed E-state index contributed by atoms with van der Waals surface area (Å²) >= 11 is 0. The zero-order valence-corrected chi connectivity index (χ0v) is 6.62. The molecule has 0 fully saturated rings. The SMILES string of the molecule is Cn1nccc1NCCCO. The Morgan fingerprint density at radius 1 is 1.73 bits per heavy atom. The van der Waals surface area contributed by atoms with Gasteiger partial charge < -0.3 is 10.4 Å². The first-order chi connectivity index (χ1) is 5.34. The van der Waals surface area contributed by atoms with E-state index >= 15 is 0 Å². The zero-order chi connectivity index (χ0) is 8.10. The minimum Gasteiger partial charge on any atom is -0.396 e. The van der Waals surface area contributed by atoms with Gasteiger partial charge in [0.1, 0.15) is 5.82 Å².